The van der Waals surface area contributed by atoms with E-state index in [2.05, 4.69) is 20.1 Å². The first-order valence-corrected chi connectivity index (χ1v) is 10.1. The summed E-state index contributed by atoms with van der Waals surface area (Å²) in [5.41, 5.74) is 2.17. The molecule has 7 nitrogen and oxygen atoms in total. The molecule has 1 N–H and O–H groups in total. The lowest BCUT2D eigenvalue weighted by molar-refractivity contribution is -0.560. The highest BCUT2D eigenvalue weighted by molar-refractivity contribution is 5.95. The number of hydrogen-bond donors (Lipinski definition) is 1. The molecule has 0 aliphatic carbocycles. The van der Waals surface area contributed by atoms with Crippen LogP contribution in [0.4, 0.5) is 23.2 Å². The van der Waals surface area contributed by atoms with E-state index in [1.165, 1.54) is 18.2 Å². The van der Waals surface area contributed by atoms with Crippen LogP contribution in [-0.4, -0.2) is 57.7 Å². The van der Waals surface area contributed by atoms with Gasteiger partial charge in [-0.1, -0.05) is 10.9 Å². The van der Waals surface area contributed by atoms with Crippen molar-refractivity contribution in [3.63, 3.8) is 0 Å². The predicted octanol–water partition coefficient (Wildman–Crippen LogP) is 3.46. The van der Waals surface area contributed by atoms with E-state index >= 15 is 0 Å². The van der Waals surface area contributed by atoms with E-state index < -0.39 is 18.2 Å². The number of hydrogen-bond acceptors (Lipinski definition) is 5. The van der Waals surface area contributed by atoms with Gasteiger partial charge in [0, 0.05) is 11.6 Å². The van der Waals surface area contributed by atoms with Gasteiger partial charge < -0.3 is 14.8 Å². The van der Waals surface area contributed by atoms with Crippen molar-refractivity contribution in [3.8, 4) is 5.75 Å². The second-order valence-electron chi connectivity index (χ2n) is 7.80. The predicted molar refractivity (Wildman–Crippen MR) is 108 cm³/mol. The third-order valence-electron chi connectivity index (χ3n) is 5.58. The van der Waals surface area contributed by atoms with Gasteiger partial charge in [0.15, 0.2) is 19.7 Å². The number of morpholine rings is 1. The van der Waals surface area contributed by atoms with Gasteiger partial charge in [0.25, 0.3) is 0 Å². The molecule has 0 amide bonds. The van der Waals surface area contributed by atoms with Crippen LogP contribution < -0.4 is 10.1 Å². The van der Waals surface area contributed by atoms with Crippen LogP contribution in [0.25, 0.3) is 11.0 Å². The zero-order valence-electron chi connectivity index (χ0n) is 17.1. The zero-order valence-corrected chi connectivity index (χ0v) is 17.1. The number of rotatable bonds is 2. The Morgan fingerprint density at radius 2 is 2.03 bits per heavy atom. The Morgan fingerprint density at radius 1 is 1.19 bits per heavy atom. The molecule has 2 atom stereocenters. The van der Waals surface area contributed by atoms with Crippen LogP contribution in [0.1, 0.15) is 18.5 Å². The maximum absolute atomic E-state index is 13.8. The minimum Gasteiger partial charge on any atom is -0.482 e. The molecule has 1 aromatic heterocycles. The second-order valence-corrected chi connectivity index (χ2v) is 7.80. The van der Waals surface area contributed by atoms with Crippen molar-refractivity contribution in [3.05, 3.63) is 47.8 Å². The van der Waals surface area contributed by atoms with Gasteiger partial charge in [0.1, 0.15) is 41.4 Å². The molecular weight excluding hydrogens is 430 g/mol. The molecule has 2 aliphatic heterocycles. The first-order valence-electron chi connectivity index (χ1n) is 10.1. The molecule has 168 valence electrons. The molecule has 2 aromatic carbocycles. The smallest absolute Gasteiger partial charge is 0.482 e. The van der Waals surface area contributed by atoms with Gasteiger partial charge >= 0.3 is 6.30 Å². The normalized spacial score (nSPS) is 23.7. The van der Waals surface area contributed by atoms with Gasteiger partial charge in [0.05, 0.1) is 5.69 Å². The van der Waals surface area contributed by atoms with Crippen molar-refractivity contribution in [2.75, 3.05) is 31.6 Å². The van der Waals surface area contributed by atoms with Crippen LogP contribution in [0.5, 0.6) is 5.75 Å². The van der Waals surface area contributed by atoms with E-state index in [4.69, 9.17) is 9.47 Å². The minimum absolute atomic E-state index is 0.0154. The summed E-state index contributed by atoms with van der Waals surface area (Å²) in [5, 5.41) is 10.5. The van der Waals surface area contributed by atoms with Gasteiger partial charge in [-0.05, 0) is 31.2 Å². The number of nitrogens with one attached hydrogen (secondary N) is 1. The number of benzene rings is 2. The number of alkyl halides is 3. The lowest BCUT2D eigenvalue weighted by Crippen LogP contribution is -2.44. The Balaban J connectivity index is 1.61. The lowest BCUT2D eigenvalue weighted by Gasteiger charge is -2.30. The molecule has 0 spiro atoms. The van der Waals surface area contributed by atoms with Gasteiger partial charge in [-0.25, -0.2) is 8.97 Å². The van der Waals surface area contributed by atoms with Crippen molar-refractivity contribution in [1.29, 1.82) is 0 Å². The fourth-order valence-electron chi connectivity index (χ4n) is 4.12. The molecule has 1 saturated heterocycles. The Bertz CT molecular complexity index is 1210. The van der Waals surface area contributed by atoms with E-state index in [0.29, 0.717) is 36.7 Å². The molecule has 0 radical (unpaired) electrons. The summed E-state index contributed by atoms with van der Waals surface area (Å²) in [7, 11) is 0. The van der Waals surface area contributed by atoms with Crippen molar-refractivity contribution in [1.82, 2.24) is 15.0 Å². The first kappa shape index (κ1) is 20.7. The molecule has 3 heterocycles. The third-order valence-corrected chi connectivity index (χ3v) is 5.58. The average molecular weight is 450 g/mol. The SMILES string of the molecule is C[C@@H]1C[N+](=C2COc3cc(F)ccc3[C@@H]2Nc2cccc3nn(C(F)(F)F)nc23)CCO1. The lowest BCUT2D eigenvalue weighted by atomic mass is 9.97. The number of nitrogens with zero attached hydrogens (tertiary/aromatic N) is 4. The van der Waals surface area contributed by atoms with E-state index in [0.717, 1.165) is 5.71 Å². The molecule has 1 fully saturated rings. The Kier molecular flexibility index (Phi) is 5.00. The fourth-order valence-corrected chi connectivity index (χ4v) is 4.12. The van der Waals surface area contributed by atoms with Crippen LogP contribution in [0.2, 0.25) is 0 Å². The molecule has 5 rings (SSSR count). The summed E-state index contributed by atoms with van der Waals surface area (Å²) < 4.78 is 66.8. The van der Waals surface area contributed by atoms with E-state index in [9.17, 15) is 17.6 Å². The summed E-state index contributed by atoms with van der Waals surface area (Å²) in [4.78, 5) is -0.246. The molecule has 3 aromatic rings. The van der Waals surface area contributed by atoms with Gasteiger partial charge in [-0.15, -0.1) is 23.4 Å². The van der Waals surface area contributed by atoms with Crippen LogP contribution in [0, 0.1) is 5.82 Å². The Hall–Kier alpha value is -3.21. The number of anilines is 1. The summed E-state index contributed by atoms with van der Waals surface area (Å²) in [6.45, 7) is 4.02. The third kappa shape index (κ3) is 3.77. The summed E-state index contributed by atoms with van der Waals surface area (Å²) in [6.07, 6.45) is -4.71. The maximum atomic E-state index is 13.8. The molecule has 11 heteroatoms. The molecule has 0 bridgehead atoms. The zero-order chi connectivity index (χ0) is 22.5. The first-order chi connectivity index (χ1) is 15.3. The Morgan fingerprint density at radius 3 is 2.81 bits per heavy atom. The topological polar surface area (TPSA) is 64.2 Å². The molecule has 0 saturated carbocycles. The number of halogens is 4. The van der Waals surface area contributed by atoms with Crippen molar-refractivity contribution >= 4 is 22.4 Å². The van der Waals surface area contributed by atoms with Gasteiger partial charge in [0.2, 0.25) is 5.71 Å². The van der Waals surface area contributed by atoms with Gasteiger partial charge in [-0.3, -0.25) is 0 Å². The molecule has 2 aliphatic rings. The summed E-state index contributed by atoms with van der Waals surface area (Å²) in [6, 6.07) is 8.55. The van der Waals surface area contributed by atoms with E-state index in [1.54, 1.807) is 18.2 Å². The second kappa shape index (κ2) is 7.73. The van der Waals surface area contributed by atoms with E-state index in [-0.39, 0.29) is 28.5 Å². The average Bonchev–Trinajstić information content (AvgIpc) is 3.20. The molecule has 32 heavy (non-hydrogen) atoms. The molecular formula is C21H20F4N5O2+. The summed E-state index contributed by atoms with van der Waals surface area (Å²) in [5.74, 6) is -0.0418. The number of ether oxygens (including phenoxy) is 2. The molecule has 0 unspecified atom stereocenters. The fraction of sp³-hybridized carbons (Fsp3) is 0.381. The largest absolute Gasteiger partial charge is 0.521 e. The Labute approximate surface area is 180 Å². The van der Waals surface area contributed by atoms with E-state index in [1.807, 2.05) is 6.92 Å². The van der Waals surface area contributed by atoms with Crippen molar-refractivity contribution < 1.29 is 31.6 Å². The van der Waals surface area contributed by atoms with Crippen LogP contribution in [-0.2, 0) is 11.0 Å². The highest BCUT2D eigenvalue weighted by Crippen LogP contribution is 2.35. The van der Waals surface area contributed by atoms with Gasteiger partial charge in [-0.2, -0.15) is 0 Å². The standard InChI is InChI=1S/C21H20F4N5O2/c1-12-10-29(7-8-31-12)17-11-32-18-9-13(22)5-6-14(18)19(17)26-15-3-2-4-16-20(15)28-30(27-16)21(23,24)25/h2-6,9,12,19,26H,7-8,10-11H2,1H3/q+1/t12-,19+/m1/s1. The van der Waals surface area contributed by atoms with Crippen molar-refractivity contribution in [2.24, 2.45) is 0 Å². The van der Waals surface area contributed by atoms with Crippen LogP contribution in [0.3, 0.4) is 0 Å². The quantitative estimate of drug-likeness (QED) is 0.479. The highest BCUT2D eigenvalue weighted by atomic mass is 19.4. The number of aromatic nitrogens is 3. The maximum Gasteiger partial charge on any atom is 0.521 e. The monoisotopic (exact) mass is 450 g/mol. The van der Waals surface area contributed by atoms with Crippen LogP contribution in [0.15, 0.2) is 36.4 Å². The minimum atomic E-state index is -4.72. The van der Waals surface area contributed by atoms with Crippen LogP contribution >= 0.6 is 0 Å². The summed E-state index contributed by atoms with van der Waals surface area (Å²) >= 11 is 0. The highest BCUT2D eigenvalue weighted by Gasteiger charge is 2.37. The number of fused-ring (bicyclic) bond motifs is 2. The van der Waals surface area contributed by atoms with Crippen molar-refractivity contribution in [2.45, 2.75) is 25.4 Å².